The predicted molar refractivity (Wildman–Crippen MR) is 113 cm³/mol. The molecule has 0 aromatic carbocycles. The van der Waals surface area contributed by atoms with Crippen LogP contribution in [0.2, 0.25) is 0 Å². The normalized spacial score (nSPS) is 38.0. The average Bonchev–Trinajstić information content (AvgIpc) is 3.20. The molecule has 0 saturated carbocycles. The minimum absolute atomic E-state index is 0.226. The Balaban J connectivity index is 1.32. The third-order valence-corrected chi connectivity index (χ3v) is 6.90. The Labute approximate surface area is 187 Å². The van der Waals surface area contributed by atoms with Crippen molar-refractivity contribution in [2.45, 2.75) is 96.2 Å². The first-order valence-electron chi connectivity index (χ1n) is 12.1. The van der Waals surface area contributed by atoms with Crippen molar-refractivity contribution in [3.05, 3.63) is 0 Å². The van der Waals surface area contributed by atoms with Crippen molar-refractivity contribution in [3.63, 3.8) is 0 Å². The molecule has 180 valence electrons. The van der Waals surface area contributed by atoms with Gasteiger partial charge in [0.25, 0.3) is 0 Å². The number of rotatable bonds is 9. The quantitative estimate of drug-likeness (QED) is 0.400. The number of hydrogen-bond acceptors (Lipinski definition) is 7. The summed E-state index contributed by atoms with van der Waals surface area (Å²) in [5.74, 6) is -1.37. The molecule has 0 radical (unpaired) electrons. The third kappa shape index (κ3) is 5.61. The number of nitrogens with zero attached hydrogens (tertiary/aromatic N) is 1. The molecule has 4 aliphatic heterocycles. The molecule has 0 aromatic heterocycles. The molecule has 4 saturated heterocycles. The van der Waals surface area contributed by atoms with E-state index in [4.69, 9.17) is 33.2 Å². The van der Waals surface area contributed by atoms with Gasteiger partial charge in [-0.3, -0.25) is 0 Å². The number of fused-ring (bicyclic) bond motifs is 3. The van der Waals surface area contributed by atoms with Gasteiger partial charge in [-0.2, -0.15) is 0 Å². The summed E-state index contributed by atoms with van der Waals surface area (Å²) in [5, 5.41) is 0. The first kappa shape index (κ1) is 23.8. The highest BCUT2D eigenvalue weighted by atomic mass is 16.9. The van der Waals surface area contributed by atoms with Crippen molar-refractivity contribution >= 4 is 0 Å². The molecule has 0 bridgehead atoms. The number of hydrogen-bond donors (Lipinski definition) is 0. The molecular weight excluding hydrogens is 402 g/mol. The summed E-state index contributed by atoms with van der Waals surface area (Å²) in [6, 6.07) is 0. The first-order valence-corrected chi connectivity index (χ1v) is 12.1. The van der Waals surface area contributed by atoms with E-state index in [0.29, 0.717) is 13.2 Å². The van der Waals surface area contributed by atoms with E-state index in [1.54, 1.807) is 0 Å². The zero-order valence-electron chi connectivity index (χ0n) is 20.0. The van der Waals surface area contributed by atoms with E-state index in [1.807, 2.05) is 27.7 Å². The van der Waals surface area contributed by atoms with Gasteiger partial charge >= 0.3 is 0 Å². The second-order valence-corrected chi connectivity index (χ2v) is 10.3. The summed E-state index contributed by atoms with van der Waals surface area (Å²) in [6.07, 6.45) is 2.34. The van der Waals surface area contributed by atoms with E-state index >= 15 is 0 Å². The molecule has 5 unspecified atom stereocenters. The molecule has 8 heteroatoms. The van der Waals surface area contributed by atoms with Crippen molar-refractivity contribution < 1.29 is 37.6 Å². The molecule has 0 aliphatic carbocycles. The van der Waals surface area contributed by atoms with Crippen LogP contribution >= 0.6 is 0 Å². The molecule has 8 nitrogen and oxygen atoms in total. The van der Waals surface area contributed by atoms with E-state index in [0.717, 1.165) is 37.3 Å². The topological polar surface area (TPSA) is 64.6 Å². The first-order chi connectivity index (χ1) is 14.7. The Morgan fingerprint density at radius 2 is 1.52 bits per heavy atom. The zero-order valence-corrected chi connectivity index (χ0v) is 20.0. The molecule has 0 amide bonds. The smallest absolute Gasteiger partial charge is 0.190 e. The van der Waals surface area contributed by atoms with Gasteiger partial charge in [0.1, 0.15) is 44.1 Å². The maximum Gasteiger partial charge on any atom is 0.190 e. The molecule has 0 aromatic rings. The highest BCUT2D eigenvalue weighted by Crippen LogP contribution is 2.44. The van der Waals surface area contributed by atoms with Crippen molar-refractivity contribution in [1.29, 1.82) is 0 Å². The standard InChI is InChI=1S/C23H42NO7/c1-6-7-8-9-24(10-13-25-14-11-24)12-15-26-16-17-18-19(29-22(2,3)28-18)20-21(27-17)31-23(4,5)30-20/h17-21H,6-16H2,1-5H3/q+1. The van der Waals surface area contributed by atoms with Crippen LogP contribution in [-0.2, 0) is 33.2 Å². The Kier molecular flexibility index (Phi) is 7.31. The maximum atomic E-state index is 6.25. The SMILES string of the molecule is CCCCC[N+]1(CCOCC2OC3OC(C)(C)OC3C3OC(C)(C)OC23)CCOCC1. The predicted octanol–water partition coefficient (Wildman–Crippen LogP) is 2.44. The Morgan fingerprint density at radius 3 is 2.26 bits per heavy atom. The Hall–Kier alpha value is -0.320. The Morgan fingerprint density at radius 1 is 0.839 bits per heavy atom. The van der Waals surface area contributed by atoms with Crippen molar-refractivity contribution in [2.24, 2.45) is 0 Å². The molecule has 0 N–H and O–H groups in total. The number of morpholine rings is 1. The van der Waals surface area contributed by atoms with Crippen LogP contribution < -0.4 is 0 Å². The van der Waals surface area contributed by atoms with E-state index in [-0.39, 0.29) is 24.4 Å². The number of unbranched alkanes of at least 4 members (excludes halogenated alkanes) is 2. The number of ether oxygens (including phenoxy) is 7. The second kappa shape index (κ2) is 9.50. The van der Waals surface area contributed by atoms with Gasteiger partial charge in [0.2, 0.25) is 0 Å². The fraction of sp³-hybridized carbons (Fsp3) is 1.00. The summed E-state index contributed by atoms with van der Waals surface area (Å²) in [5.41, 5.74) is 0. The van der Waals surface area contributed by atoms with Crippen molar-refractivity contribution in [3.8, 4) is 0 Å². The van der Waals surface area contributed by atoms with Crippen LogP contribution in [0.3, 0.4) is 0 Å². The van der Waals surface area contributed by atoms with E-state index in [2.05, 4.69) is 6.92 Å². The van der Waals surface area contributed by atoms with Crippen molar-refractivity contribution in [1.82, 2.24) is 0 Å². The molecule has 4 fully saturated rings. The minimum atomic E-state index is -0.697. The molecule has 31 heavy (non-hydrogen) atoms. The van der Waals surface area contributed by atoms with Gasteiger partial charge < -0.3 is 37.6 Å². The lowest BCUT2D eigenvalue weighted by molar-refractivity contribution is -0.935. The third-order valence-electron chi connectivity index (χ3n) is 6.90. The lowest BCUT2D eigenvalue weighted by Gasteiger charge is -2.41. The van der Waals surface area contributed by atoms with Gasteiger partial charge in [-0.1, -0.05) is 13.3 Å². The lowest BCUT2D eigenvalue weighted by Crippen LogP contribution is -2.58. The van der Waals surface area contributed by atoms with Crippen LogP contribution in [0.1, 0.15) is 53.9 Å². The van der Waals surface area contributed by atoms with Crippen LogP contribution in [0.5, 0.6) is 0 Å². The summed E-state index contributed by atoms with van der Waals surface area (Å²) in [7, 11) is 0. The summed E-state index contributed by atoms with van der Waals surface area (Å²) >= 11 is 0. The minimum Gasteiger partial charge on any atom is -0.373 e. The van der Waals surface area contributed by atoms with Crippen LogP contribution in [-0.4, -0.2) is 99.4 Å². The number of quaternary nitrogens is 1. The van der Waals surface area contributed by atoms with Crippen LogP contribution in [0.15, 0.2) is 0 Å². The zero-order chi connectivity index (χ0) is 22.1. The molecule has 4 heterocycles. The van der Waals surface area contributed by atoms with Gasteiger partial charge in [0.15, 0.2) is 17.9 Å². The lowest BCUT2D eigenvalue weighted by atomic mass is 9.99. The van der Waals surface area contributed by atoms with Crippen LogP contribution in [0.4, 0.5) is 0 Å². The van der Waals surface area contributed by atoms with E-state index in [9.17, 15) is 0 Å². The highest BCUT2D eigenvalue weighted by molar-refractivity contribution is 5.00. The molecule has 4 rings (SSSR count). The summed E-state index contributed by atoms with van der Waals surface area (Å²) in [4.78, 5) is 0. The van der Waals surface area contributed by atoms with Crippen LogP contribution in [0.25, 0.3) is 0 Å². The van der Waals surface area contributed by atoms with Crippen LogP contribution in [0, 0.1) is 0 Å². The van der Waals surface area contributed by atoms with E-state index < -0.39 is 17.9 Å². The van der Waals surface area contributed by atoms with E-state index in [1.165, 1.54) is 25.8 Å². The maximum absolute atomic E-state index is 6.25. The summed E-state index contributed by atoms with van der Waals surface area (Å²) < 4.78 is 43.6. The fourth-order valence-corrected chi connectivity index (χ4v) is 5.27. The van der Waals surface area contributed by atoms with Gasteiger partial charge in [-0.15, -0.1) is 0 Å². The molecule has 0 spiro atoms. The van der Waals surface area contributed by atoms with Gasteiger partial charge in [-0.25, -0.2) is 0 Å². The van der Waals surface area contributed by atoms with Crippen molar-refractivity contribution in [2.75, 3.05) is 52.6 Å². The van der Waals surface area contributed by atoms with Gasteiger partial charge in [0.05, 0.1) is 33.0 Å². The summed E-state index contributed by atoms with van der Waals surface area (Å²) in [6.45, 7) is 17.1. The highest BCUT2D eigenvalue weighted by Gasteiger charge is 2.60. The second-order valence-electron chi connectivity index (χ2n) is 10.3. The molecular formula is C23H42NO7+. The van der Waals surface area contributed by atoms with Gasteiger partial charge in [0, 0.05) is 0 Å². The molecule has 5 atom stereocenters. The largest absolute Gasteiger partial charge is 0.373 e. The van der Waals surface area contributed by atoms with Gasteiger partial charge in [-0.05, 0) is 40.5 Å². The molecule has 4 aliphatic rings. The monoisotopic (exact) mass is 444 g/mol. The fourth-order valence-electron chi connectivity index (χ4n) is 5.27. The Bertz CT molecular complexity index is 592. The average molecular weight is 445 g/mol.